The number of nitrogens with one attached hydrogen (secondary N) is 2. The number of carbonyl (C=O) groups excluding carboxylic acids is 1. The van der Waals surface area contributed by atoms with Gasteiger partial charge in [-0.2, -0.15) is 0 Å². The Morgan fingerprint density at radius 2 is 2.13 bits per heavy atom. The van der Waals surface area contributed by atoms with E-state index in [0.29, 0.717) is 5.82 Å². The molecule has 3 aromatic rings. The first kappa shape index (κ1) is 13.8. The van der Waals surface area contributed by atoms with Crippen LogP contribution in [0, 0.1) is 0 Å². The van der Waals surface area contributed by atoms with Gasteiger partial charge in [0.1, 0.15) is 17.2 Å². The Bertz CT molecular complexity index is 955. The zero-order chi connectivity index (χ0) is 15.8. The van der Waals surface area contributed by atoms with Gasteiger partial charge in [-0.25, -0.2) is 4.98 Å². The Labute approximate surface area is 132 Å². The Morgan fingerprint density at radius 3 is 3.04 bits per heavy atom. The number of pyridine rings is 1. The number of nitrogens with zero attached hydrogens (tertiary/aromatic N) is 2. The lowest BCUT2D eigenvalue weighted by molar-refractivity contribution is 0.102. The van der Waals surface area contributed by atoms with Crippen LogP contribution in [0.4, 0.5) is 5.82 Å². The molecule has 0 unspecified atom stereocenters. The molecule has 0 atom stereocenters. The minimum absolute atomic E-state index is 0.107. The van der Waals surface area contributed by atoms with Crippen molar-refractivity contribution in [2.24, 2.45) is 0 Å². The van der Waals surface area contributed by atoms with Crippen LogP contribution in [0.3, 0.4) is 0 Å². The fourth-order valence-corrected chi connectivity index (χ4v) is 3.02. The van der Waals surface area contributed by atoms with Crippen molar-refractivity contribution < 1.29 is 4.79 Å². The van der Waals surface area contributed by atoms with E-state index < -0.39 is 5.91 Å². The Hall–Kier alpha value is -2.89. The van der Waals surface area contributed by atoms with Crippen LogP contribution in [0.5, 0.6) is 0 Å². The number of carbonyl (C=O) groups is 1. The summed E-state index contributed by atoms with van der Waals surface area (Å²) in [5.74, 6) is 1.22. The van der Waals surface area contributed by atoms with Gasteiger partial charge in [0, 0.05) is 18.5 Å². The molecule has 23 heavy (non-hydrogen) atoms. The number of aromatic nitrogens is 3. The van der Waals surface area contributed by atoms with E-state index in [1.54, 1.807) is 12.3 Å². The molecule has 2 N–H and O–H groups in total. The second-order valence-electron chi connectivity index (χ2n) is 5.72. The molecule has 0 radical (unpaired) electrons. The summed E-state index contributed by atoms with van der Waals surface area (Å²) in [7, 11) is 0. The van der Waals surface area contributed by atoms with E-state index in [0.717, 1.165) is 42.5 Å². The lowest BCUT2D eigenvalue weighted by atomic mass is 10.1. The average molecular weight is 308 g/mol. The number of hydrogen-bond donors (Lipinski definition) is 2. The van der Waals surface area contributed by atoms with E-state index in [4.69, 9.17) is 0 Å². The summed E-state index contributed by atoms with van der Waals surface area (Å²) in [6.07, 6.45) is 4.78. The number of aromatic amines is 1. The van der Waals surface area contributed by atoms with Crippen LogP contribution in [0.25, 0.3) is 10.9 Å². The third kappa shape index (κ3) is 2.42. The molecular formula is C17H16N4O2. The summed E-state index contributed by atoms with van der Waals surface area (Å²) in [4.78, 5) is 31.7. The molecule has 2 aromatic heterocycles. The molecule has 4 rings (SSSR count). The van der Waals surface area contributed by atoms with Crippen molar-refractivity contribution in [3.05, 3.63) is 58.3 Å². The minimum Gasteiger partial charge on any atom is -0.321 e. The van der Waals surface area contributed by atoms with Gasteiger partial charge in [-0.05, 0) is 30.4 Å². The molecule has 3 heterocycles. The summed E-state index contributed by atoms with van der Waals surface area (Å²) < 4.78 is 2.01. The molecule has 0 aliphatic carbocycles. The third-order valence-electron chi connectivity index (χ3n) is 4.21. The van der Waals surface area contributed by atoms with Crippen molar-refractivity contribution in [2.75, 3.05) is 5.32 Å². The van der Waals surface area contributed by atoms with Crippen LogP contribution in [0.1, 0.15) is 29.0 Å². The number of benzene rings is 1. The molecule has 1 aromatic carbocycles. The van der Waals surface area contributed by atoms with Gasteiger partial charge in [0.05, 0.1) is 6.20 Å². The zero-order valence-corrected chi connectivity index (χ0v) is 12.5. The van der Waals surface area contributed by atoms with Crippen LogP contribution in [-0.4, -0.2) is 20.4 Å². The highest BCUT2D eigenvalue weighted by Crippen LogP contribution is 2.20. The standard InChI is InChI=1S/C17H16N4O2/c22-16-12(9-11-5-1-2-6-13(11)19-16)17(23)20-15-10-18-14-7-3-4-8-21(14)15/h1-2,5-6,9-10H,3-4,7-8H2,(H,19,22)(H,20,23). The van der Waals surface area contributed by atoms with Crippen molar-refractivity contribution in [2.45, 2.75) is 25.8 Å². The molecule has 116 valence electrons. The number of para-hydroxylation sites is 1. The predicted octanol–water partition coefficient (Wildman–Crippen LogP) is 2.31. The van der Waals surface area contributed by atoms with Crippen LogP contribution < -0.4 is 10.9 Å². The molecule has 0 saturated heterocycles. The lowest BCUT2D eigenvalue weighted by Gasteiger charge is -2.16. The summed E-state index contributed by atoms with van der Waals surface area (Å²) in [5.41, 5.74) is 0.436. The molecule has 0 fully saturated rings. The third-order valence-corrected chi connectivity index (χ3v) is 4.21. The number of aryl methyl sites for hydroxylation is 1. The number of rotatable bonds is 2. The van der Waals surface area contributed by atoms with E-state index >= 15 is 0 Å². The Kier molecular flexibility index (Phi) is 3.22. The predicted molar refractivity (Wildman–Crippen MR) is 87.7 cm³/mol. The van der Waals surface area contributed by atoms with Gasteiger partial charge >= 0.3 is 0 Å². The molecule has 0 saturated carbocycles. The largest absolute Gasteiger partial charge is 0.321 e. The Balaban J connectivity index is 1.68. The molecule has 6 nitrogen and oxygen atoms in total. The normalized spacial score (nSPS) is 13.7. The van der Waals surface area contributed by atoms with Crippen molar-refractivity contribution in [1.29, 1.82) is 0 Å². The van der Waals surface area contributed by atoms with Gasteiger partial charge in [-0.1, -0.05) is 18.2 Å². The molecule has 1 amide bonds. The zero-order valence-electron chi connectivity index (χ0n) is 12.5. The van der Waals surface area contributed by atoms with Gasteiger partial charge in [0.15, 0.2) is 0 Å². The highest BCUT2D eigenvalue weighted by Gasteiger charge is 2.18. The lowest BCUT2D eigenvalue weighted by Crippen LogP contribution is -2.24. The molecule has 0 spiro atoms. The summed E-state index contributed by atoms with van der Waals surface area (Å²) >= 11 is 0. The molecular weight excluding hydrogens is 292 g/mol. The van der Waals surface area contributed by atoms with Crippen LogP contribution in [0.2, 0.25) is 0 Å². The van der Waals surface area contributed by atoms with Crippen LogP contribution >= 0.6 is 0 Å². The van der Waals surface area contributed by atoms with E-state index in [1.165, 1.54) is 0 Å². The van der Waals surface area contributed by atoms with E-state index in [-0.39, 0.29) is 11.1 Å². The number of imidazole rings is 1. The first-order valence-electron chi connectivity index (χ1n) is 7.70. The molecule has 0 bridgehead atoms. The molecule has 6 heteroatoms. The highest BCUT2D eigenvalue weighted by atomic mass is 16.2. The van der Waals surface area contributed by atoms with Gasteiger partial charge in [0.25, 0.3) is 11.5 Å². The first-order valence-corrected chi connectivity index (χ1v) is 7.70. The maximum absolute atomic E-state index is 12.5. The topological polar surface area (TPSA) is 79.8 Å². The maximum Gasteiger partial charge on any atom is 0.262 e. The van der Waals surface area contributed by atoms with Crippen LogP contribution in [0.15, 0.2) is 41.3 Å². The SMILES string of the molecule is O=C(Nc1cnc2n1CCCC2)c1cc2ccccc2[nH]c1=O. The minimum atomic E-state index is -0.412. The highest BCUT2D eigenvalue weighted by molar-refractivity contribution is 6.05. The van der Waals surface area contributed by atoms with E-state index in [2.05, 4.69) is 15.3 Å². The van der Waals surface area contributed by atoms with E-state index in [9.17, 15) is 9.59 Å². The quantitative estimate of drug-likeness (QED) is 0.762. The van der Waals surface area contributed by atoms with Crippen molar-refractivity contribution in [3.8, 4) is 0 Å². The van der Waals surface area contributed by atoms with Gasteiger partial charge in [0.2, 0.25) is 0 Å². The smallest absolute Gasteiger partial charge is 0.262 e. The number of fused-ring (bicyclic) bond motifs is 2. The second-order valence-corrected chi connectivity index (χ2v) is 5.72. The Morgan fingerprint density at radius 1 is 1.26 bits per heavy atom. The van der Waals surface area contributed by atoms with Crippen molar-refractivity contribution in [1.82, 2.24) is 14.5 Å². The van der Waals surface area contributed by atoms with Crippen LogP contribution in [-0.2, 0) is 13.0 Å². The number of H-pyrrole nitrogens is 1. The first-order chi connectivity index (χ1) is 11.2. The van der Waals surface area contributed by atoms with Crippen molar-refractivity contribution in [3.63, 3.8) is 0 Å². The van der Waals surface area contributed by atoms with Crippen molar-refractivity contribution >= 4 is 22.6 Å². The monoisotopic (exact) mass is 308 g/mol. The summed E-state index contributed by atoms with van der Waals surface area (Å²) in [5, 5.41) is 3.64. The van der Waals surface area contributed by atoms with Gasteiger partial charge in [-0.3, -0.25) is 9.59 Å². The summed E-state index contributed by atoms with van der Waals surface area (Å²) in [6.45, 7) is 0.846. The summed E-state index contributed by atoms with van der Waals surface area (Å²) in [6, 6.07) is 9.01. The van der Waals surface area contributed by atoms with Gasteiger partial charge < -0.3 is 14.9 Å². The maximum atomic E-state index is 12.5. The number of anilines is 1. The average Bonchev–Trinajstić information content (AvgIpc) is 2.97. The fourth-order valence-electron chi connectivity index (χ4n) is 3.02. The second kappa shape index (κ2) is 5.39. The van der Waals surface area contributed by atoms with E-state index in [1.807, 2.05) is 28.8 Å². The van der Waals surface area contributed by atoms with Gasteiger partial charge in [-0.15, -0.1) is 0 Å². The molecule has 1 aliphatic heterocycles. The molecule has 1 aliphatic rings. The number of amides is 1. The fraction of sp³-hybridized carbons (Fsp3) is 0.235. The number of hydrogen-bond acceptors (Lipinski definition) is 3.